The lowest BCUT2D eigenvalue weighted by atomic mass is 9.98. The van der Waals surface area contributed by atoms with Crippen molar-refractivity contribution in [3.63, 3.8) is 0 Å². The fourth-order valence-corrected chi connectivity index (χ4v) is 3.72. The Balaban J connectivity index is 1.78. The fraction of sp³-hybridized carbons (Fsp3) is 0.269. The van der Waals surface area contributed by atoms with Gasteiger partial charge in [0.1, 0.15) is 18.1 Å². The zero-order chi connectivity index (χ0) is 24.1. The molecule has 0 saturated heterocycles. The van der Waals surface area contributed by atoms with E-state index in [1.807, 2.05) is 75.4 Å². The summed E-state index contributed by atoms with van der Waals surface area (Å²) in [5, 5.41) is 11.4. The summed E-state index contributed by atoms with van der Waals surface area (Å²) in [7, 11) is 0. The summed E-state index contributed by atoms with van der Waals surface area (Å²) >= 11 is 0. The van der Waals surface area contributed by atoms with Crippen LogP contribution in [-0.2, 0) is 16.1 Å². The average Bonchev–Trinajstić information content (AvgIpc) is 3.25. The minimum atomic E-state index is -0.890. The molecular weight excluding hydrogens is 428 g/mol. The molecule has 8 heteroatoms. The van der Waals surface area contributed by atoms with Crippen molar-refractivity contribution in [2.75, 3.05) is 4.90 Å². The van der Waals surface area contributed by atoms with Crippen molar-refractivity contribution >= 4 is 28.5 Å². The first-order chi connectivity index (χ1) is 16.4. The van der Waals surface area contributed by atoms with Gasteiger partial charge in [-0.1, -0.05) is 42.5 Å². The zero-order valence-electron chi connectivity index (χ0n) is 19.5. The summed E-state index contributed by atoms with van der Waals surface area (Å²) in [4.78, 5) is 33.2. The number of carbonyl (C=O) groups excluding carboxylic acids is 2. The van der Waals surface area contributed by atoms with Gasteiger partial charge in [0.2, 0.25) is 11.8 Å². The minimum Gasteiger partial charge on any atom is -0.349 e. The van der Waals surface area contributed by atoms with Crippen LogP contribution in [0.4, 0.5) is 5.69 Å². The van der Waals surface area contributed by atoms with E-state index in [4.69, 9.17) is 0 Å². The molecule has 1 atom stereocenters. The van der Waals surface area contributed by atoms with Crippen molar-refractivity contribution in [1.29, 1.82) is 0 Å². The van der Waals surface area contributed by atoms with Gasteiger partial charge in [-0.25, -0.2) is 4.68 Å². The molecule has 0 fully saturated rings. The molecule has 2 aromatic carbocycles. The Kier molecular flexibility index (Phi) is 6.67. The number of amides is 2. The van der Waals surface area contributed by atoms with Crippen LogP contribution in [0.1, 0.15) is 38.8 Å². The third kappa shape index (κ3) is 4.96. The average molecular weight is 457 g/mol. The van der Waals surface area contributed by atoms with Gasteiger partial charge in [0.25, 0.3) is 0 Å². The van der Waals surface area contributed by atoms with Gasteiger partial charge in [0.05, 0.1) is 5.52 Å². The number of para-hydroxylation sites is 2. The van der Waals surface area contributed by atoms with Gasteiger partial charge in [-0.3, -0.25) is 19.5 Å². The molecule has 0 bridgehead atoms. The third-order valence-corrected chi connectivity index (χ3v) is 5.88. The predicted octanol–water partition coefficient (Wildman–Crippen LogP) is 3.91. The molecule has 0 saturated carbocycles. The van der Waals surface area contributed by atoms with Crippen molar-refractivity contribution < 1.29 is 9.59 Å². The molecule has 2 aromatic heterocycles. The van der Waals surface area contributed by atoms with Gasteiger partial charge in [0, 0.05) is 23.6 Å². The van der Waals surface area contributed by atoms with Crippen LogP contribution in [0.3, 0.4) is 0 Å². The maximum Gasteiger partial charge on any atom is 0.249 e. The molecule has 174 valence electrons. The molecule has 0 aliphatic rings. The largest absolute Gasteiger partial charge is 0.349 e. The number of anilines is 1. The van der Waals surface area contributed by atoms with Crippen molar-refractivity contribution in [3.8, 4) is 0 Å². The molecule has 0 spiro atoms. The van der Waals surface area contributed by atoms with Gasteiger partial charge in [0.15, 0.2) is 0 Å². The highest BCUT2D eigenvalue weighted by Crippen LogP contribution is 2.29. The lowest BCUT2D eigenvalue weighted by Gasteiger charge is -2.34. The Morgan fingerprint density at radius 3 is 2.38 bits per heavy atom. The van der Waals surface area contributed by atoms with Gasteiger partial charge < -0.3 is 5.32 Å². The number of hydrogen-bond donors (Lipinski definition) is 1. The summed E-state index contributed by atoms with van der Waals surface area (Å²) in [5.41, 5.74) is 2.30. The Morgan fingerprint density at radius 2 is 1.68 bits per heavy atom. The number of benzene rings is 2. The molecular formula is C26H28N6O2. The van der Waals surface area contributed by atoms with E-state index >= 15 is 0 Å². The maximum absolute atomic E-state index is 13.9. The molecule has 4 aromatic rings. The number of fused-ring (bicyclic) bond motifs is 1. The Morgan fingerprint density at radius 1 is 1.00 bits per heavy atom. The fourth-order valence-electron chi connectivity index (χ4n) is 3.72. The Hall–Kier alpha value is -4.07. The summed E-state index contributed by atoms with van der Waals surface area (Å²) < 4.78 is 1.56. The summed E-state index contributed by atoms with van der Waals surface area (Å²) in [6, 6.07) is 19.3. The van der Waals surface area contributed by atoms with E-state index in [-0.39, 0.29) is 18.4 Å². The first-order valence-electron chi connectivity index (χ1n) is 11.3. The van der Waals surface area contributed by atoms with Crippen LogP contribution in [0.5, 0.6) is 0 Å². The molecule has 2 amide bonds. The second-order valence-electron chi connectivity index (χ2n) is 8.74. The van der Waals surface area contributed by atoms with Crippen LogP contribution in [0.15, 0.2) is 79.1 Å². The van der Waals surface area contributed by atoms with E-state index in [1.165, 1.54) is 4.90 Å². The van der Waals surface area contributed by atoms with E-state index in [9.17, 15) is 9.59 Å². The highest BCUT2D eigenvalue weighted by Gasteiger charge is 2.35. The second kappa shape index (κ2) is 9.82. The number of pyridine rings is 1. The minimum absolute atomic E-state index is 0.0680. The van der Waals surface area contributed by atoms with Crippen LogP contribution in [0.2, 0.25) is 0 Å². The lowest BCUT2D eigenvalue weighted by molar-refractivity contribution is -0.128. The van der Waals surface area contributed by atoms with Crippen LogP contribution in [-0.4, -0.2) is 37.3 Å². The van der Waals surface area contributed by atoms with E-state index in [0.717, 1.165) is 11.9 Å². The van der Waals surface area contributed by atoms with Gasteiger partial charge >= 0.3 is 0 Å². The van der Waals surface area contributed by atoms with Crippen molar-refractivity contribution in [2.24, 2.45) is 0 Å². The van der Waals surface area contributed by atoms with Crippen LogP contribution < -0.4 is 10.2 Å². The highest BCUT2D eigenvalue weighted by molar-refractivity contribution is 6.01. The predicted molar refractivity (Wildman–Crippen MR) is 131 cm³/mol. The zero-order valence-corrected chi connectivity index (χ0v) is 19.5. The van der Waals surface area contributed by atoms with Crippen LogP contribution in [0.25, 0.3) is 11.0 Å². The summed E-state index contributed by atoms with van der Waals surface area (Å²) in [6.07, 6.45) is 3.99. The van der Waals surface area contributed by atoms with Gasteiger partial charge in [-0.2, -0.15) is 0 Å². The summed E-state index contributed by atoms with van der Waals surface area (Å²) in [6.45, 7) is 5.87. The molecule has 0 aliphatic heterocycles. The molecule has 4 rings (SSSR count). The summed E-state index contributed by atoms with van der Waals surface area (Å²) in [5.74, 6) is -0.549. The molecule has 0 unspecified atom stereocenters. The number of nitrogens with zero attached hydrogens (tertiary/aromatic N) is 5. The molecule has 8 nitrogen and oxygen atoms in total. The van der Waals surface area contributed by atoms with Crippen LogP contribution in [0, 0.1) is 0 Å². The first-order valence-corrected chi connectivity index (χ1v) is 11.3. The number of aromatic nitrogens is 4. The second-order valence-corrected chi connectivity index (χ2v) is 8.74. The van der Waals surface area contributed by atoms with Crippen molar-refractivity contribution in [2.45, 2.75) is 45.3 Å². The number of carbonyl (C=O) groups is 2. The monoisotopic (exact) mass is 456 g/mol. The number of hydrogen-bond acceptors (Lipinski definition) is 5. The number of nitrogens with one attached hydrogen (secondary N) is 1. The third-order valence-electron chi connectivity index (χ3n) is 5.88. The lowest BCUT2D eigenvalue weighted by Crippen LogP contribution is -2.51. The Labute approximate surface area is 198 Å². The quantitative estimate of drug-likeness (QED) is 0.434. The Bertz CT molecular complexity index is 1270. The first kappa shape index (κ1) is 23.1. The van der Waals surface area contributed by atoms with Crippen molar-refractivity contribution in [1.82, 2.24) is 25.3 Å². The standard InChI is InChI=1S/C26H28N6O2/c1-4-26(2,3)28-25(34)24(19-14-16-27-17-15-19)32(20-10-6-5-7-11-20)23(33)18-31-22-13-9-8-12-21(22)29-30-31/h5-17,24H,4,18H2,1-3H3,(H,28,34)/t24-/m0/s1. The molecule has 0 aliphatic carbocycles. The van der Waals surface area contributed by atoms with E-state index < -0.39 is 11.6 Å². The molecule has 0 radical (unpaired) electrons. The number of rotatable bonds is 8. The molecule has 2 heterocycles. The molecule has 34 heavy (non-hydrogen) atoms. The smallest absolute Gasteiger partial charge is 0.249 e. The topological polar surface area (TPSA) is 93.0 Å². The van der Waals surface area contributed by atoms with Crippen molar-refractivity contribution in [3.05, 3.63) is 84.7 Å². The van der Waals surface area contributed by atoms with Gasteiger partial charge in [-0.15, -0.1) is 5.10 Å². The maximum atomic E-state index is 13.9. The van der Waals surface area contributed by atoms with E-state index in [2.05, 4.69) is 20.6 Å². The van der Waals surface area contributed by atoms with E-state index in [1.54, 1.807) is 29.2 Å². The van der Waals surface area contributed by atoms with Gasteiger partial charge in [-0.05, 0) is 62.2 Å². The molecule has 1 N–H and O–H groups in total. The van der Waals surface area contributed by atoms with E-state index in [0.29, 0.717) is 16.8 Å². The SMILES string of the molecule is CCC(C)(C)NC(=O)[C@H](c1ccncc1)N(C(=O)Cn1nnc2ccccc21)c1ccccc1. The highest BCUT2D eigenvalue weighted by atomic mass is 16.2. The van der Waals surface area contributed by atoms with Crippen LogP contribution >= 0.6 is 0 Å². The normalized spacial score (nSPS) is 12.3.